The number of rotatable bonds is 5. The summed E-state index contributed by atoms with van der Waals surface area (Å²) in [6, 6.07) is 11.5. The highest BCUT2D eigenvalue weighted by Gasteiger charge is 2.21. The molecule has 2 heterocycles. The van der Waals surface area contributed by atoms with E-state index in [1.807, 2.05) is 30.3 Å². The Balaban J connectivity index is 1.49. The minimum absolute atomic E-state index is 0.552. The molecule has 6 nitrogen and oxygen atoms in total. The molecule has 0 amide bonds. The highest BCUT2D eigenvalue weighted by molar-refractivity contribution is 6.30. The van der Waals surface area contributed by atoms with Crippen LogP contribution in [0.2, 0.25) is 5.02 Å². The highest BCUT2D eigenvalue weighted by Crippen LogP contribution is 2.33. The van der Waals surface area contributed by atoms with Crippen molar-refractivity contribution >= 4 is 11.6 Å². The van der Waals surface area contributed by atoms with Gasteiger partial charge in [0, 0.05) is 23.7 Å². The number of hydrogen-bond donors (Lipinski definition) is 0. The SMILES string of the molecule is COc1cc2c(cc1OC)CN(Cc1nc(-c3cccc(Cl)c3)no1)CC2. The Bertz CT molecular complexity index is 957. The Kier molecular flexibility index (Phi) is 5.01. The highest BCUT2D eigenvalue weighted by atomic mass is 35.5. The predicted octanol–water partition coefficient (Wildman–Crippen LogP) is 3.97. The number of methoxy groups -OCH3 is 2. The summed E-state index contributed by atoms with van der Waals surface area (Å²) in [5.41, 5.74) is 3.36. The van der Waals surface area contributed by atoms with E-state index in [1.54, 1.807) is 14.2 Å². The molecule has 0 radical (unpaired) electrons. The van der Waals surface area contributed by atoms with Crippen LogP contribution in [0.15, 0.2) is 40.9 Å². The third-order valence-electron chi connectivity index (χ3n) is 4.71. The number of ether oxygens (including phenoxy) is 2. The zero-order chi connectivity index (χ0) is 18.8. The quantitative estimate of drug-likeness (QED) is 0.662. The van der Waals surface area contributed by atoms with Crippen LogP contribution in [-0.2, 0) is 19.5 Å². The first-order chi connectivity index (χ1) is 13.2. The lowest BCUT2D eigenvalue weighted by molar-refractivity contribution is 0.210. The van der Waals surface area contributed by atoms with Crippen LogP contribution in [0.1, 0.15) is 17.0 Å². The summed E-state index contributed by atoms with van der Waals surface area (Å²) in [4.78, 5) is 6.79. The van der Waals surface area contributed by atoms with Gasteiger partial charge in [-0.2, -0.15) is 4.98 Å². The van der Waals surface area contributed by atoms with Crippen molar-refractivity contribution in [2.24, 2.45) is 0 Å². The van der Waals surface area contributed by atoms with Crippen molar-refractivity contribution in [3.63, 3.8) is 0 Å². The van der Waals surface area contributed by atoms with Gasteiger partial charge in [-0.15, -0.1) is 0 Å². The number of fused-ring (bicyclic) bond motifs is 1. The number of halogens is 1. The van der Waals surface area contributed by atoms with Crippen molar-refractivity contribution in [2.75, 3.05) is 20.8 Å². The Labute approximate surface area is 162 Å². The second-order valence-electron chi connectivity index (χ2n) is 6.46. The van der Waals surface area contributed by atoms with E-state index in [4.69, 9.17) is 25.6 Å². The van der Waals surface area contributed by atoms with Crippen molar-refractivity contribution in [1.29, 1.82) is 0 Å². The first kappa shape index (κ1) is 17.8. The number of benzene rings is 2. The van der Waals surface area contributed by atoms with Crippen LogP contribution in [0.5, 0.6) is 11.5 Å². The van der Waals surface area contributed by atoms with E-state index in [0.717, 1.165) is 36.6 Å². The van der Waals surface area contributed by atoms with Crippen molar-refractivity contribution < 1.29 is 14.0 Å². The first-order valence-corrected chi connectivity index (χ1v) is 9.08. The van der Waals surface area contributed by atoms with Crippen LogP contribution in [-0.4, -0.2) is 35.8 Å². The Morgan fingerprint density at radius 3 is 2.63 bits per heavy atom. The van der Waals surface area contributed by atoms with E-state index in [1.165, 1.54) is 11.1 Å². The van der Waals surface area contributed by atoms with Gasteiger partial charge >= 0.3 is 0 Å². The van der Waals surface area contributed by atoms with E-state index < -0.39 is 0 Å². The lowest BCUT2D eigenvalue weighted by atomic mass is 9.99. The summed E-state index contributed by atoms with van der Waals surface area (Å²) < 4.78 is 16.3. The van der Waals surface area contributed by atoms with Crippen LogP contribution in [0, 0.1) is 0 Å². The maximum absolute atomic E-state index is 6.04. The summed E-state index contributed by atoms with van der Waals surface area (Å²) in [5.74, 6) is 2.66. The average Bonchev–Trinajstić information content (AvgIpc) is 3.15. The first-order valence-electron chi connectivity index (χ1n) is 8.71. The molecule has 0 aliphatic carbocycles. The fraction of sp³-hybridized carbons (Fsp3) is 0.300. The van der Waals surface area contributed by atoms with Crippen LogP contribution < -0.4 is 9.47 Å². The van der Waals surface area contributed by atoms with Crippen LogP contribution in [0.4, 0.5) is 0 Å². The predicted molar refractivity (Wildman–Crippen MR) is 102 cm³/mol. The van der Waals surface area contributed by atoms with Crippen LogP contribution >= 0.6 is 11.6 Å². The largest absolute Gasteiger partial charge is 0.493 e. The summed E-state index contributed by atoms with van der Waals surface area (Å²) in [6.45, 7) is 2.31. The summed E-state index contributed by atoms with van der Waals surface area (Å²) in [5, 5.41) is 4.73. The lowest BCUT2D eigenvalue weighted by Crippen LogP contribution is -2.30. The van der Waals surface area contributed by atoms with E-state index in [9.17, 15) is 0 Å². The molecule has 7 heteroatoms. The molecule has 0 N–H and O–H groups in total. The molecule has 0 saturated heterocycles. The van der Waals surface area contributed by atoms with Gasteiger partial charge in [0.1, 0.15) is 0 Å². The molecule has 140 valence electrons. The normalized spacial score (nSPS) is 14.0. The fourth-order valence-corrected chi connectivity index (χ4v) is 3.52. The van der Waals surface area contributed by atoms with Crippen LogP contribution in [0.25, 0.3) is 11.4 Å². The fourth-order valence-electron chi connectivity index (χ4n) is 3.33. The third-order valence-corrected chi connectivity index (χ3v) is 4.94. The summed E-state index contributed by atoms with van der Waals surface area (Å²) in [7, 11) is 3.31. The average molecular weight is 386 g/mol. The van der Waals surface area contributed by atoms with Gasteiger partial charge in [0.15, 0.2) is 11.5 Å². The van der Waals surface area contributed by atoms with Gasteiger partial charge < -0.3 is 14.0 Å². The molecule has 0 unspecified atom stereocenters. The minimum atomic E-state index is 0.552. The van der Waals surface area contributed by atoms with E-state index in [-0.39, 0.29) is 0 Å². The zero-order valence-electron chi connectivity index (χ0n) is 15.2. The number of aromatic nitrogens is 2. The molecule has 0 saturated carbocycles. The van der Waals surface area contributed by atoms with E-state index in [2.05, 4.69) is 21.1 Å². The van der Waals surface area contributed by atoms with E-state index >= 15 is 0 Å². The van der Waals surface area contributed by atoms with Crippen molar-refractivity contribution in [3.05, 3.63) is 58.4 Å². The Morgan fingerprint density at radius 2 is 1.89 bits per heavy atom. The number of hydrogen-bond acceptors (Lipinski definition) is 6. The molecule has 27 heavy (non-hydrogen) atoms. The molecule has 0 spiro atoms. The van der Waals surface area contributed by atoms with Gasteiger partial charge in [0.2, 0.25) is 11.7 Å². The summed E-state index contributed by atoms with van der Waals surface area (Å²) in [6.07, 6.45) is 0.935. The molecule has 3 aromatic rings. The molecule has 1 aliphatic rings. The Hall–Kier alpha value is -2.57. The molecular formula is C20H20ClN3O3. The molecule has 0 bridgehead atoms. The molecule has 2 aromatic carbocycles. The van der Waals surface area contributed by atoms with Gasteiger partial charge in [-0.1, -0.05) is 28.9 Å². The minimum Gasteiger partial charge on any atom is -0.493 e. The maximum atomic E-state index is 6.04. The van der Waals surface area contributed by atoms with Gasteiger partial charge in [-0.3, -0.25) is 4.90 Å². The van der Waals surface area contributed by atoms with Gasteiger partial charge in [0.25, 0.3) is 0 Å². The van der Waals surface area contributed by atoms with Crippen molar-refractivity contribution in [2.45, 2.75) is 19.5 Å². The molecule has 0 atom stereocenters. The maximum Gasteiger partial charge on any atom is 0.241 e. The molecule has 4 rings (SSSR count). The monoisotopic (exact) mass is 385 g/mol. The van der Waals surface area contributed by atoms with Crippen molar-refractivity contribution in [1.82, 2.24) is 15.0 Å². The Morgan fingerprint density at radius 1 is 1.11 bits per heavy atom. The topological polar surface area (TPSA) is 60.6 Å². The molecular weight excluding hydrogens is 366 g/mol. The van der Waals surface area contributed by atoms with E-state index in [0.29, 0.717) is 23.3 Å². The zero-order valence-corrected chi connectivity index (χ0v) is 16.0. The van der Waals surface area contributed by atoms with Gasteiger partial charge in [-0.05, 0) is 41.8 Å². The third kappa shape index (κ3) is 3.77. The van der Waals surface area contributed by atoms with Gasteiger partial charge in [-0.25, -0.2) is 0 Å². The lowest BCUT2D eigenvalue weighted by Gasteiger charge is -2.28. The second kappa shape index (κ2) is 7.58. The van der Waals surface area contributed by atoms with Crippen molar-refractivity contribution in [3.8, 4) is 22.9 Å². The smallest absolute Gasteiger partial charge is 0.241 e. The van der Waals surface area contributed by atoms with Crippen LogP contribution in [0.3, 0.4) is 0 Å². The number of nitrogens with zero attached hydrogens (tertiary/aromatic N) is 3. The summed E-state index contributed by atoms with van der Waals surface area (Å²) >= 11 is 6.04. The molecule has 1 aliphatic heterocycles. The standard InChI is InChI=1S/C20H20ClN3O3/c1-25-17-9-13-6-7-24(11-15(13)10-18(17)26-2)12-19-22-20(23-27-19)14-4-3-5-16(21)8-14/h3-5,8-10H,6-7,11-12H2,1-2H3. The second-order valence-corrected chi connectivity index (χ2v) is 6.90. The van der Waals surface area contributed by atoms with Gasteiger partial charge in [0.05, 0.1) is 20.8 Å². The molecule has 0 fully saturated rings. The molecule has 1 aromatic heterocycles.